The number of alkyl halides is 2. The van der Waals surface area contributed by atoms with Crippen molar-refractivity contribution in [3.8, 4) is 0 Å². The number of carbonyl (C=O) groups is 1. The van der Waals surface area contributed by atoms with Crippen LogP contribution in [-0.4, -0.2) is 27.3 Å². The Morgan fingerprint density at radius 3 is 2.83 bits per heavy atom. The van der Waals surface area contributed by atoms with Gasteiger partial charge < -0.3 is 11.1 Å². The number of nitrogens with zero attached hydrogens (tertiary/aromatic N) is 3. The van der Waals surface area contributed by atoms with Gasteiger partial charge in [0.2, 0.25) is 5.95 Å². The van der Waals surface area contributed by atoms with Crippen molar-refractivity contribution in [1.29, 1.82) is 0 Å². The molecule has 1 amide bonds. The van der Waals surface area contributed by atoms with Crippen molar-refractivity contribution in [2.24, 2.45) is 0 Å². The highest BCUT2D eigenvalue weighted by Gasteiger charge is 2.26. The summed E-state index contributed by atoms with van der Waals surface area (Å²) in [5.74, 6) is -2.98. The van der Waals surface area contributed by atoms with Crippen LogP contribution >= 0.6 is 11.3 Å². The second-order valence-corrected chi connectivity index (χ2v) is 8.35. The number of thiophene rings is 1. The lowest BCUT2D eigenvalue weighted by atomic mass is 10.0. The summed E-state index contributed by atoms with van der Waals surface area (Å²) in [5, 5.41) is 4.60. The Hall–Kier alpha value is -2.91. The third kappa shape index (κ3) is 4.47. The van der Waals surface area contributed by atoms with Crippen LogP contribution in [-0.2, 0) is 25.4 Å². The summed E-state index contributed by atoms with van der Waals surface area (Å²) < 4.78 is 27.1. The van der Waals surface area contributed by atoms with E-state index in [1.165, 1.54) is 18.2 Å². The van der Waals surface area contributed by atoms with E-state index in [1.807, 2.05) is 5.38 Å². The Morgan fingerprint density at radius 1 is 1.33 bits per heavy atom. The second kappa shape index (κ2) is 8.08. The summed E-state index contributed by atoms with van der Waals surface area (Å²) >= 11 is 1.54. The maximum absolute atomic E-state index is 13.6. The smallest absolute Gasteiger partial charge is 0.270 e. The van der Waals surface area contributed by atoms with Crippen molar-refractivity contribution in [1.82, 2.24) is 14.9 Å². The maximum atomic E-state index is 13.6. The summed E-state index contributed by atoms with van der Waals surface area (Å²) in [6.45, 7) is 3.07. The van der Waals surface area contributed by atoms with Crippen LogP contribution in [0.3, 0.4) is 0 Å². The molecule has 6 nitrogen and oxygen atoms in total. The van der Waals surface area contributed by atoms with E-state index < -0.39 is 5.92 Å². The molecule has 0 aliphatic carbocycles. The minimum atomic E-state index is -2.96. The van der Waals surface area contributed by atoms with E-state index >= 15 is 0 Å². The predicted octanol–water partition coefficient (Wildman–Crippen LogP) is 4.04. The SMILES string of the molecule is CC(F)(F)c1cccc(NC(=O)c2csc3c2CCN(Cc2cnc(N)nc2)C3)c1. The van der Waals surface area contributed by atoms with Gasteiger partial charge in [-0.1, -0.05) is 12.1 Å². The van der Waals surface area contributed by atoms with Crippen molar-refractivity contribution < 1.29 is 13.6 Å². The van der Waals surface area contributed by atoms with Gasteiger partial charge in [-0.15, -0.1) is 11.3 Å². The first-order valence-corrected chi connectivity index (χ1v) is 10.4. The monoisotopic (exact) mass is 429 g/mol. The average molecular weight is 429 g/mol. The van der Waals surface area contributed by atoms with Crippen molar-refractivity contribution in [2.45, 2.75) is 32.4 Å². The molecule has 3 aromatic rings. The number of nitrogens with one attached hydrogen (secondary N) is 1. The molecule has 0 atom stereocenters. The number of nitrogen functional groups attached to an aromatic ring is 1. The Balaban J connectivity index is 1.45. The van der Waals surface area contributed by atoms with E-state index in [4.69, 9.17) is 5.73 Å². The number of amides is 1. The topological polar surface area (TPSA) is 84.1 Å². The van der Waals surface area contributed by atoms with E-state index in [1.54, 1.807) is 29.8 Å². The van der Waals surface area contributed by atoms with Crippen LogP contribution < -0.4 is 11.1 Å². The Kier molecular flexibility index (Phi) is 5.48. The molecule has 1 aliphatic heterocycles. The summed E-state index contributed by atoms with van der Waals surface area (Å²) in [6, 6.07) is 5.79. The van der Waals surface area contributed by atoms with Crippen molar-refractivity contribution >= 4 is 28.9 Å². The first kappa shape index (κ1) is 20.4. The Labute approximate surface area is 176 Å². The minimum Gasteiger partial charge on any atom is -0.368 e. The third-order valence-electron chi connectivity index (χ3n) is 5.03. The molecule has 0 saturated carbocycles. The number of nitrogens with two attached hydrogens (primary N) is 1. The number of hydrogen-bond acceptors (Lipinski definition) is 6. The standard InChI is InChI=1S/C21H21F2N5OS/c1-21(22,23)14-3-2-4-15(7-14)27-19(29)17-12-30-18-11-28(6-5-16(17)18)10-13-8-25-20(24)26-9-13/h2-4,7-9,12H,5-6,10-11H2,1H3,(H,27,29)(H2,24,25,26). The van der Waals surface area contributed by atoms with Crippen molar-refractivity contribution in [2.75, 3.05) is 17.6 Å². The zero-order valence-corrected chi connectivity index (χ0v) is 17.2. The molecular formula is C21H21F2N5OS. The van der Waals surface area contributed by atoms with Crippen molar-refractivity contribution in [3.63, 3.8) is 0 Å². The van der Waals surface area contributed by atoms with Crippen LogP contribution in [0.25, 0.3) is 0 Å². The van der Waals surface area contributed by atoms with E-state index in [-0.39, 0.29) is 17.4 Å². The fourth-order valence-corrected chi connectivity index (χ4v) is 4.60. The first-order valence-electron chi connectivity index (χ1n) is 9.47. The molecule has 0 bridgehead atoms. The zero-order chi connectivity index (χ0) is 21.3. The van der Waals surface area contributed by atoms with E-state index in [2.05, 4.69) is 20.2 Å². The zero-order valence-electron chi connectivity index (χ0n) is 16.4. The molecule has 0 spiro atoms. The van der Waals surface area contributed by atoms with Gasteiger partial charge in [0.15, 0.2) is 0 Å². The van der Waals surface area contributed by atoms with Gasteiger partial charge in [0.25, 0.3) is 11.8 Å². The van der Waals surface area contributed by atoms with Gasteiger partial charge in [-0.2, -0.15) is 0 Å². The number of halogens is 2. The van der Waals surface area contributed by atoms with Gasteiger partial charge in [-0.3, -0.25) is 9.69 Å². The molecule has 1 aromatic carbocycles. The number of fused-ring (bicyclic) bond motifs is 1. The molecular weight excluding hydrogens is 408 g/mol. The molecule has 4 rings (SSSR count). The summed E-state index contributed by atoms with van der Waals surface area (Å²) in [6.07, 6.45) is 4.18. The molecule has 0 radical (unpaired) electrons. The van der Waals surface area contributed by atoms with Gasteiger partial charge in [-0.05, 0) is 24.1 Å². The number of aromatic nitrogens is 2. The minimum absolute atomic E-state index is 0.130. The number of anilines is 2. The van der Waals surface area contributed by atoms with Crippen molar-refractivity contribution in [3.05, 3.63) is 69.2 Å². The van der Waals surface area contributed by atoms with Gasteiger partial charge >= 0.3 is 0 Å². The molecule has 0 fully saturated rings. The summed E-state index contributed by atoms with van der Waals surface area (Å²) in [5.41, 5.74) is 8.38. The quantitative estimate of drug-likeness (QED) is 0.639. The van der Waals surface area contributed by atoms with Gasteiger partial charge in [-0.25, -0.2) is 18.7 Å². The molecule has 9 heteroatoms. The Morgan fingerprint density at radius 2 is 2.10 bits per heavy atom. The van der Waals surface area contributed by atoms with E-state index in [0.29, 0.717) is 17.8 Å². The third-order valence-corrected chi connectivity index (χ3v) is 6.04. The molecule has 0 saturated heterocycles. The molecule has 2 aromatic heterocycles. The highest BCUT2D eigenvalue weighted by molar-refractivity contribution is 7.10. The van der Waals surface area contributed by atoms with Crippen LogP contribution in [0.2, 0.25) is 0 Å². The van der Waals surface area contributed by atoms with E-state index in [0.717, 1.165) is 42.4 Å². The first-order chi connectivity index (χ1) is 14.3. The van der Waals surface area contributed by atoms with Gasteiger partial charge in [0, 0.05) is 66.0 Å². The predicted molar refractivity (Wildman–Crippen MR) is 113 cm³/mol. The van der Waals surface area contributed by atoms with Gasteiger partial charge in [0.05, 0.1) is 5.56 Å². The average Bonchev–Trinajstić information content (AvgIpc) is 3.13. The lowest BCUT2D eigenvalue weighted by Gasteiger charge is -2.27. The molecule has 30 heavy (non-hydrogen) atoms. The highest BCUT2D eigenvalue weighted by atomic mass is 32.1. The normalized spacial score (nSPS) is 14.4. The second-order valence-electron chi connectivity index (χ2n) is 7.38. The molecule has 1 aliphatic rings. The van der Waals surface area contributed by atoms with E-state index in [9.17, 15) is 13.6 Å². The molecule has 3 N–H and O–H groups in total. The highest BCUT2D eigenvalue weighted by Crippen LogP contribution is 2.31. The van der Waals surface area contributed by atoms with Crippen LogP contribution in [0.5, 0.6) is 0 Å². The number of hydrogen-bond donors (Lipinski definition) is 2. The van der Waals surface area contributed by atoms with Crippen LogP contribution in [0.15, 0.2) is 42.0 Å². The molecule has 156 valence electrons. The lowest BCUT2D eigenvalue weighted by Crippen LogP contribution is -2.30. The summed E-state index contributed by atoms with van der Waals surface area (Å²) in [7, 11) is 0. The summed E-state index contributed by atoms with van der Waals surface area (Å²) in [4.78, 5) is 24.2. The number of carbonyl (C=O) groups excluding carboxylic acids is 1. The molecule has 3 heterocycles. The number of rotatable bonds is 5. The number of benzene rings is 1. The van der Waals surface area contributed by atoms with Gasteiger partial charge in [0.1, 0.15) is 0 Å². The maximum Gasteiger partial charge on any atom is 0.270 e. The fourth-order valence-electron chi connectivity index (χ4n) is 3.48. The van der Waals surface area contributed by atoms with Crippen LogP contribution in [0.4, 0.5) is 20.4 Å². The fraction of sp³-hybridized carbons (Fsp3) is 0.286. The Bertz CT molecular complexity index is 1060. The van der Waals surface area contributed by atoms with Crippen LogP contribution in [0.1, 0.15) is 38.8 Å². The largest absolute Gasteiger partial charge is 0.368 e. The molecule has 0 unspecified atom stereocenters. The lowest BCUT2D eigenvalue weighted by molar-refractivity contribution is 0.0175. The van der Waals surface area contributed by atoms with Crippen LogP contribution in [0, 0.1) is 0 Å².